The maximum Gasteiger partial charge on any atom is 0.343 e. The van der Waals surface area contributed by atoms with Gasteiger partial charge in [0, 0.05) is 19.3 Å². The number of aromatic nitrogens is 4. The summed E-state index contributed by atoms with van der Waals surface area (Å²) in [7, 11) is 1.68. The van der Waals surface area contributed by atoms with Crippen molar-refractivity contribution in [1.29, 1.82) is 0 Å². The van der Waals surface area contributed by atoms with Crippen molar-refractivity contribution in [2.45, 2.75) is 6.92 Å². The lowest BCUT2D eigenvalue weighted by atomic mass is 10.2. The molecule has 3 heterocycles. The predicted molar refractivity (Wildman–Crippen MR) is 85.0 cm³/mol. The molecule has 0 radical (unpaired) electrons. The van der Waals surface area contributed by atoms with Crippen LogP contribution in [0, 0.1) is 5.82 Å². The Morgan fingerprint density at radius 3 is 2.83 bits per heavy atom. The molecule has 3 aromatic rings. The zero-order chi connectivity index (χ0) is 17.4. The first kappa shape index (κ1) is 16.1. The zero-order valence-corrected chi connectivity index (χ0v) is 13.5. The molecular weight excluding hydrogens is 339 g/mol. The Labute approximate surface area is 140 Å². The van der Waals surface area contributed by atoms with Gasteiger partial charge in [0.25, 0.3) is 0 Å². The number of halogens is 2. The van der Waals surface area contributed by atoms with Crippen LogP contribution in [-0.2, 0) is 11.8 Å². The highest BCUT2D eigenvalue weighted by Crippen LogP contribution is 2.20. The Kier molecular flexibility index (Phi) is 4.06. The minimum absolute atomic E-state index is 0.0800. The van der Waals surface area contributed by atoms with Crippen LogP contribution < -0.4 is 5.43 Å². The zero-order valence-electron chi connectivity index (χ0n) is 12.8. The molecule has 24 heavy (non-hydrogen) atoms. The van der Waals surface area contributed by atoms with Gasteiger partial charge in [-0.15, -0.1) is 0 Å². The molecule has 0 saturated heterocycles. The summed E-state index contributed by atoms with van der Waals surface area (Å²) in [5.74, 6) is -1.13. The first-order valence-electron chi connectivity index (χ1n) is 7.01. The number of rotatable bonds is 3. The van der Waals surface area contributed by atoms with E-state index >= 15 is 0 Å². The highest BCUT2D eigenvalue weighted by molar-refractivity contribution is 6.29. The Bertz CT molecular complexity index is 1010. The van der Waals surface area contributed by atoms with Crippen molar-refractivity contribution in [2.75, 3.05) is 6.61 Å². The molecule has 7 nitrogen and oxygen atoms in total. The molecule has 0 atom stereocenters. The van der Waals surface area contributed by atoms with E-state index in [4.69, 9.17) is 16.3 Å². The summed E-state index contributed by atoms with van der Waals surface area (Å²) in [6, 6.07) is 2.61. The summed E-state index contributed by atoms with van der Waals surface area (Å²) >= 11 is 5.75. The number of pyridine rings is 2. The lowest BCUT2D eigenvalue weighted by Gasteiger charge is -2.12. The lowest BCUT2D eigenvalue weighted by Crippen LogP contribution is -2.22. The van der Waals surface area contributed by atoms with Crippen LogP contribution in [0.4, 0.5) is 4.39 Å². The number of esters is 1. The Balaban J connectivity index is 2.43. The van der Waals surface area contributed by atoms with Crippen LogP contribution in [0.15, 0.2) is 29.3 Å². The minimum Gasteiger partial charge on any atom is -0.462 e. The molecule has 0 fully saturated rings. The van der Waals surface area contributed by atoms with E-state index in [1.807, 2.05) is 0 Å². The average Bonchev–Trinajstić information content (AvgIpc) is 2.96. The van der Waals surface area contributed by atoms with Crippen molar-refractivity contribution in [2.24, 2.45) is 7.05 Å². The Morgan fingerprint density at radius 1 is 1.46 bits per heavy atom. The van der Waals surface area contributed by atoms with E-state index < -0.39 is 17.2 Å². The molecule has 0 aliphatic heterocycles. The number of ether oxygens (including phenoxy) is 1. The van der Waals surface area contributed by atoms with Gasteiger partial charge in [0.1, 0.15) is 11.4 Å². The summed E-state index contributed by atoms with van der Waals surface area (Å²) in [4.78, 5) is 28.5. The maximum absolute atomic E-state index is 13.8. The van der Waals surface area contributed by atoms with E-state index in [0.717, 1.165) is 6.07 Å². The van der Waals surface area contributed by atoms with Crippen molar-refractivity contribution < 1.29 is 13.9 Å². The van der Waals surface area contributed by atoms with Crippen molar-refractivity contribution in [3.8, 4) is 5.82 Å². The van der Waals surface area contributed by atoms with Gasteiger partial charge in [-0.3, -0.25) is 14.0 Å². The molecule has 9 heteroatoms. The lowest BCUT2D eigenvalue weighted by molar-refractivity contribution is 0.0524. The van der Waals surface area contributed by atoms with Gasteiger partial charge in [-0.2, -0.15) is 5.10 Å². The van der Waals surface area contributed by atoms with E-state index in [-0.39, 0.29) is 28.4 Å². The van der Waals surface area contributed by atoms with Crippen LogP contribution in [0.2, 0.25) is 5.15 Å². The van der Waals surface area contributed by atoms with Crippen LogP contribution >= 0.6 is 11.6 Å². The van der Waals surface area contributed by atoms with Crippen molar-refractivity contribution in [3.05, 3.63) is 51.3 Å². The third kappa shape index (κ3) is 2.54. The number of fused-ring (bicyclic) bond motifs is 1. The smallest absolute Gasteiger partial charge is 0.343 e. The second-order valence-electron chi connectivity index (χ2n) is 4.91. The van der Waals surface area contributed by atoms with Crippen LogP contribution in [-0.4, -0.2) is 31.9 Å². The second kappa shape index (κ2) is 6.04. The molecular formula is C15H12ClFN4O3. The second-order valence-corrected chi connectivity index (χ2v) is 5.27. The Hall–Kier alpha value is -2.74. The summed E-state index contributed by atoms with van der Waals surface area (Å²) in [5, 5.41) is 3.59. The molecule has 0 aliphatic carbocycles. The van der Waals surface area contributed by atoms with Crippen LogP contribution in [0.25, 0.3) is 16.9 Å². The van der Waals surface area contributed by atoms with Crippen LogP contribution in [0.1, 0.15) is 17.3 Å². The normalized spacial score (nSPS) is 11.0. The fourth-order valence-electron chi connectivity index (χ4n) is 2.33. The van der Waals surface area contributed by atoms with E-state index in [1.165, 1.54) is 21.6 Å². The standard InChI is InChI=1S/C15H12ClFN4O3/c1-3-24-15(23)9-7-21(11-4-5-18-20(11)2)14-8(12(9)22)6-10(17)13(16)19-14/h4-7H,3H2,1-2H3. The molecule has 0 aliphatic rings. The van der Waals surface area contributed by atoms with Gasteiger partial charge >= 0.3 is 5.97 Å². The van der Waals surface area contributed by atoms with Gasteiger partial charge in [-0.05, 0) is 13.0 Å². The average molecular weight is 351 g/mol. The van der Waals surface area contributed by atoms with E-state index in [2.05, 4.69) is 10.1 Å². The van der Waals surface area contributed by atoms with Crippen LogP contribution in [0.5, 0.6) is 0 Å². The summed E-state index contributed by atoms with van der Waals surface area (Å²) in [6.45, 7) is 1.73. The number of aryl methyl sites for hydroxylation is 1. The summed E-state index contributed by atoms with van der Waals surface area (Å²) in [6.07, 6.45) is 2.83. The van der Waals surface area contributed by atoms with Crippen LogP contribution in [0.3, 0.4) is 0 Å². The number of nitrogens with zero attached hydrogens (tertiary/aromatic N) is 4. The van der Waals surface area contributed by atoms with Crippen molar-refractivity contribution in [3.63, 3.8) is 0 Å². The molecule has 0 aromatic carbocycles. The monoisotopic (exact) mass is 350 g/mol. The molecule has 0 bridgehead atoms. The molecule has 0 amide bonds. The fourth-order valence-corrected chi connectivity index (χ4v) is 2.47. The van der Waals surface area contributed by atoms with Gasteiger partial charge in [0.15, 0.2) is 16.6 Å². The van der Waals surface area contributed by atoms with Crippen molar-refractivity contribution in [1.82, 2.24) is 19.3 Å². The SMILES string of the molecule is CCOC(=O)c1cn(-c2ccnn2C)c2nc(Cl)c(F)cc2c1=O. The first-order chi connectivity index (χ1) is 11.4. The quantitative estimate of drug-likeness (QED) is 0.534. The van der Waals surface area contributed by atoms with Gasteiger partial charge in [0.05, 0.1) is 18.2 Å². The molecule has 0 unspecified atom stereocenters. The molecule has 3 rings (SSSR count). The number of hydrogen-bond acceptors (Lipinski definition) is 5. The predicted octanol–water partition coefficient (Wildman–Crippen LogP) is 2.09. The van der Waals surface area contributed by atoms with Gasteiger partial charge in [-0.25, -0.2) is 14.2 Å². The topological polar surface area (TPSA) is 79.0 Å². The molecule has 3 aromatic heterocycles. The summed E-state index contributed by atoms with van der Waals surface area (Å²) in [5.41, 5.74) is -0.790. The molecule has 0 saturated carbocycles. The molecule has 124 valence electrons. The summed E-state index contributed by atoms with van der Waals surface area (Å²) < 4.78 is 21.6. The maximum atomic E-state index is 13.8. The van der Waals surface area contributed by atoms with E-state index in [1.54, 1.807) is 20.0 Å². The number of carbonyl (C=O) groups excluding carboxylic acids is 1. The number of hydrogen-bond donors (Lipinski definition) is 0. The minimum atomic E-state index is -0.848. The van der Waals surface area contributed by atoms with Gasteiger partial charge in [0.2, 0.25) is 5.43 Å². The van der Waals surface area contributed by atoms with Gasteiger partial charge < -0.3 is 4.74 Å². The molecule has 0 spiro atoms. The first-order valence-corrected chi connectivity index (χ1v) is 7.38. The number of carbonyl (C=O) groups is 1. The van der Waals surface area contributed by atoms with Crippen molar-refractivity contribution >= 4 is 28.6 Å². The third-order valence-corrected chi connectivity index (χ3v) is 3.69. The highest BCUT2D eigenvalue weighted by Gasteiger charge is 2.20. The van der Waals surface area contributed by atoms with Gasteiger partial charge in [-0.1, -0.05) is 11.6 Å². The highest BCUT2D eigenvalue weighted by atomic mass is 35.5. The van der Waals surface area contributed by atoms with E-state index in [9.17, 15) is 14.0 Å². The molecule has 0 N–H and O–H groups in total. The largest absolute Gasteiger partial charge is 0.462 e. The fraction of sp³-hybridized carbons (Fsp3) is 0.200. The van der Waals surface area contributed by atoms with E-state index in [0.29, 0.717) is 5.82 Å². The Morgan fingerprint density at radius 2 is 2.21 bits per heavy atom. The third-order valence-electron chi connectivity index (χ3n) is 3.43.